The predicted octanol–water partition coefficient (Wildman–Crippen LogP) is 3.00. The fraction of sp³-hybridized carbons (Fsp3) is 0.500. The van der Waals surface area contributed by atoms with E-state index in [1.807, 2.05) is 40.9 Å². The third-order valence-electron chi connectivity index (χ3n) is 4.70. The zero-order valence-electron chi connectivity index (χ0n) is 15.2. The maximum Gasteiger partial charge on any atom is 0.253 e. The Labute approximate surface area is 150 Å². The van der Waals surface area contributed by atoms with Gasteiger partial charge in [-0.15, -0.1) is 0 Å². The van der Waals surface area contributed by atoms with E-state index in [1.54, 1.807) is 0 Å². The molecule has 134 valence electrons. The summed E-state index contributed by atoms with van der Waals surface area (Å²) in [6, 6.07) is 8.31. The maximum atomic E-state index is 12.6. The maximum absolute atomic E-state index is 12.6. The van der Waals surface area contributed by atoms with E-state index in [4.69, 9.17) is 0 Å². The fourth-order valence-corrected chi connectivity index (χ4v) is 3.30. The molecule has 1 saturated heterocycles. The minimum absolute atomic E-state index is 0.168. The normalized spacial score (nSPS) is 16.0. The second-order valence-electron chi connectivity index (χ2n) is 7.07. The lowest BCUT2D eigenvalue weighted by Gasteiger charge is -2.26. The number of benzene rings is 1. The molecule has 0 radical (unpaired) electrons. The number of hydrogen-bond acceptors (Lipinski definition) is 3. The number of aromatic nitrogens is 2. The van der Waals surface area contributed by atoms with Crippen LogP contribution in [0.15, 0.2) is 36.7 Å². The Morgan fingerprint density at radius 3 is 2.80 bits per heavy atom. The Morgan fingerprint density at radius 1 is 1.28 bits per heavy atom. The van der Waals surface area contributed by atoms with Crippen LogP contribution in [-0.2, 0) is 13.1 Å². The molecule has 5 nitrogen and oxygen atoms in total. The van der Waals surface area contributed by atoms with E-state index >= 15 is 0 Å². The lowest BCUT2D eigenvalue weighted by Crippen LogP contribution is -2.35. The average Bonchev–Trinajstić information content (AvgIpc) is 3.05. The molecule has 1 fully saturated rings. The summed E-state index contributed by atoms with van der Waals surface area (Å²) in [4.78, 5) is 14.6. The van der Waals surface area contributed by atoms with E-state index in [1.165, 1.54) is 12.0 Å². The zero-order chi connectivity index (χ0) is 17.6. The quantitative estimate of drug-likeness (QED) is 0.879. The summed E-state index contributed by atoms with van der Waals surface area (Å²) in [6.07, 6.45) is 7.41. The molecule has 5 heteroatoms. The number of amides is 1. The van der Waals surface area contributed by atoms with Crippen LogP contribution in [0.5, 0.6) is 0 Å². The molecule has 0 spiro atoms. The third kappa shape index (κ3) is 4.92. The van der Waals surface area contributed by atoms with Crippen LogP contribution in [-0.4, -0.2) is 39.7 Å². The highest BCUT2D eigenvalue weighted by molar-refractivity contribution is 5.94. The Kier molecular flexibility index (Phi) is 5.87. The monoisotopic (exact) mass is 340 g/mol. The van der Waals surface area contributed by atoms with E-state index in [2.05, 4.69) is 29.6 Å². The molecule has 0 saturated carbocycles. The second-order valence-corrected chi connectivity index (χ2v) is 7.07. The van der Waals surface area contributed by atoms with Gasteiger partial charge < -0.3 is 10.2 Å². The lowest BCUT2D eigenvalue weighted by atomic mass is 10.1. The molecular formula is C20H28N4O. The van der Waals surface area contributed by atoms with Crippen LogP contribution in [0.25, 0.3) is 0 Å². The van der Waals surface area contributed by atoms with Crippen LogP contribution in [0.2, 0.25) is 0 Å². The van der Waals surface area contributed by atoms with Crippen molar-refractivity contribution < 1.29 is 4.79 Å². The molecule has 2 aromatic rings. The van der Waals surface area contributed by atoms with Crippen LogP contribution in [0.4, 0.5) is 0 Å². The van der Waals surface area contributed by atoms with Crippen molar-refractivity contribution in [3.63, 3.8) is 0 Å². The number of hydrogen-bond donors (Lipinski definition) is 1. The summed E-state index contributed by atoms with van der Waals surface area (Å²) >= 11 is 0. The van der Waals surface area contributed by atoms with Crippen molar-refractivity contribution in [1.29, 1.82) is 0 Å². The number of carbonyl (C=O) groups excluding carboxylic acids is 1. The molecule has 1 unspecified atom stereocenters. The molecule has 3 rings (SSSR count). The highest BCUT2D eigenvalue weighted by Crippen LogP contribution is 2.14. The van der Waals surface area contributed by atoms with Crippen LogP contribution >= 0.6 is 0 Å². The molecule has 1 aromatic carbocycles. The molecule has 1 aliphatic heterocycles. The van der Waals surface area contributed by atoms with Gasteiger partial charge in [-0.2, -0.15) is 5.10 Å². The molecule has 1 N–H and O–H groups in total. The van der Waals surface area contributed by atoms with Crippen molar-refractivity contribution in [2.24, 2.45) is 0 Å². The van der Waals surface area contributed by atoms with Crippen molar-refractivity contribution >= 4 is 5.91 Å². The smallest absolute Gasteiger partial charge is 0.253 e. The molecule has 1 atom stereocenters. The largest absolute Gasteiger partial charge is 0.339 e. The van der Waals surface area contributed by atoms with E-state index in [0.717, 1.165) is 50.1 Å². The van der Waals surface area contributed by atoms with Crippen molar-refractivity contribution in [3.05, 3.63) is 53.3 Å². The molecule has 2 heterocycles. The van der Waals surface area contributed by atoms with Gasteiger partial charge in [-0.3, -0.25) is 9.48 Å². The number of likely N-dealkylation sites (tertiary alicyclic amines) is 1. The van der Waals surface area contributed by atoms with Crippen LogP contribution in [0.3, 0.4) is 0 Å². The topological polar surface area (TPSA) is 50.2 Å². The van der Waals surface area contributed by atoms with Gasteiger partial charge in [-0.1, -0.05) is 12.1 Å². The Hall–Kier alpha value is -2.14. The van der Waals surface area contributed by atoms with Gasteiger partial charge >= 0.3 is 0 Å². The standard InChI is InChI=1S/C20H28N4O/c1-16-12-22-24(14-16)15-17(2)21-13-18-7-6-8-19(11-18)20(25)23-9-4-3-5-10-23/h6-8,11-12,14,17,21H,3-5,9-10,13,15H2,1-2H3. The van der Waals surface area contributed by atoms with Gasteiger partial charge in [0.05, 0.1) is 12.7 Å². The summed E-state index contributed by atoms with van der Waals surface area (Å²) in [6.45, 7) is 7.57. The molecular weight excluding hydrogens is 312 g/mol. The number of carbonyl (C=O) groups is 1. The van der Waals surface area contributed by atoms with Gasteiger partial charge in [0, 0.05) is 37.4 Å². The third-order valence-corrected chi connectivity index (χ3v) is 4.70. The molecule has 1 aromatic heterocycles. The SMILES string of the molecule is Cc1cnn(CC(C)NCc2cccc(C(=O)N3CCCCC3)c2)c1. The van der Waals surface area contributed by atoms with E-state index in [0.29, 0.717) is 6.04 Å². The highest BCUT2D eigenvalue weighted by Gasteiger charge is 2.18. The first-order valence-electron chi connectivity index (χ1n) is 9.22. The number of nitrogens with zero attached hydrogens (tertiary/aromatic N) is 3. The minimum Gasteiger partial charge on any atom is -0.339 e. The number of nitrogens with one attached hydrogen (secondary N) is 1. The first-order chi connectivity index (χ1) is 12.1. The summed E-state index contributed by atoms with van der Waals surface area (Å²) in [5.74, 6) is 0.168. The minimum atomic E-state index is 0.168. The molecule has 0 aliphatic carbocycles. The van der Waals surface area contributed by atoms with Gasteiger partial charge in [0.25, 0.3) is 5.91 Å². The lowest BCUT2D eigenvalue weighted by molar-refractivity contribution is 0.0724. The summed E-state index contributed by atoms with van der Waals surface area (Å²) in [5, 5.41) is 7.84. The Balaban J connectivity index is 1.55. The van der Waals surface area contributed by atoms with Crippen LogP contribution in [0, 0.1) is 6.92 Å². The Morgan fingerprint density at radius 2 is 2.08 bits per heavy atom. The first kappa shape index (κ1) is 17.7. The molecule has 1 aliphatic rings. The van der Waals surface area contributed by atoms with Crippen molar-refractivity contribution in [1.82, 2.24) is 20.0 Å². The second kappa shape index (κ2) is 8.30. The highest BCUT2D eigenvalue weighted by atomic mass is 16.2. The summed E-state index contributed by atoms with van der Waals surface area (Å²) in [7, 11) is 0. The van der Waals surface area contributed by atoms with E-state index in [9.17, 15) is 4.79 Å². The van der Waals surface area contributed by atoms with Crippen LogP contribution in [0.1, 0.15) is 47.7 Å². The predicted molar refractivity (Wildman–Crippen MR) is 99.5 cm³/mol. The molecule has 25 heavy (non-hydrogen) atoms. The zero-order valence-corrected chi connectivity index (χ0v) is 15.2. The van der Waals surface area contributed by atoms with Gasteiger partial charge in [0.15, 0.2) is 0 Å². The number of piperidine rings is 1. The van der Waals surface area contributed by atoms with Gasteiger partial charge in [0.1, 0.15) is 0 Å². The molecule has 1 amide bonds. The first-order valence-corrected chi connectivity index (χ1v) is 9.22. The van der Waals surface area contributed by atoms with Gasteiger partial charge in [0.2, 0.25) is 0 Å². The van der Waals surface area contributed by atoms with Gasteiger partial charge in [-0.05, 0) is 56.4 Å². The van der Waals surface area contributed by atoms with Crippen molar-refractivity contribution in [2.75, 3.05) is 13.1 Å². The summed E-state index contributed by atoms with van der Waals surface area (Å²) in [5.41, 5.74) is 3.12. The van der Waals surface area contributed by atoms with Crippen LogP contribution < -0.4 is 5.32 Å². The molecule has 0 bridgehead atoms. The average molecular weight is 340 g/mol. The summed E-state index contributed by atoms with van der Waals surface area (Å²) < 4.78 is 1.96. The van der Waals surface area contributed by atoms with Crippen molar-refractivity contribution in [2.45, 2.75) is 52.2 Å². The van der Waals surface area contributed by atoms with E-state index < -0.39 is 0 Å². The Bertz CT molecular complexity index is 703. The number of aryl methyl sites for hydroxylation is 1. The fourth-order valence-electron chi connectivity index (χ4n) is 3.30. The van der Waals surface area contributed by atoms with Gasteiger partial charge in [-0.25, -0.2) is 0 Å². The number of rotatable bonds is 6. The van der Waals surface area contributed by atoms with Crippen molar-refractivity contribution in [3.8, 4) is 0 Å². The van der Waals surface area contributed by atoms with E-state index in [-0.39, 0.29) is 5.91 Å².